The van der Waals surface area contributed by atoms with Crippen LogP contribution in [-0.2, 0) is 4.74 Å². The van der Waals surface area contributed by atoms with Gasteiger partial charge in [-0.1, -0.05) is 30.3 Å². The van der Waals surface area contributed by atoms with Crippen molar-refractivity contribution in [2.75, 3.05) is 6.61 Å². The van der Waals surface area contributed by atoms with Crippen LogP contribution in [0.2, 0.25) is 0 Å². The molecule has 0 atom stereocenters. The number of benzene rings is 1. The zero-order valence-corrected chi connectivity index (χ0v) is 11.1. The fourth-order valence-corrected chi connectivity index (χ4v) is 1.51. The minimum Gasteiger partial charge on any atom is -0.483 e. The molecule has 0 aliphatic rings. The van der Waals surface area contributed by atoms with E-state index >= 15 is 0 Å². The van der Waals surface area contributed by atoms with Crippen molar-refractivity contribution in [1.29, 1.82) is 0 Å². The van der Waals surface area contributed by atoms with E-state index in [9.17, 15) is 30.7 Å². The summed E-state index contributed by atoms with van der Waals surface area (Å²) >= 11 is 4.70. The Morgan fingerprint density at radius 2 is 1.48 bits per heavy atom. The maximum atomic E-state index is 13.0. The van der Waals surface area contributed by atoms with Crippen molar-refractivity contribution in [3.8, 4) is 0 Å². The van der Waals surface area contributed by atoms with Gasteiger partial charge in [0.15, 0.2) is 5.05 Å². The summed E-state index contributed by atoms with van der Waals surface area (Å²) in [6.07, 6.45) is -8.15. The quantitative estimate of drug-likeness (QED) is 0.575. The van der Waals surface area contributed by atoms with Crippen LogP contribution in [0.3, 0.4) is 0 Å². The lowest BCUT2D eigenvalue weighted by atomic mass is 10.1. The van der Waals surface area contributed by atoms with Crippen molar-refractivity contribution in [2.45, 2.75) is 24.4 Å². The zero-order valence-electron chi connectivity index (χ0n) is 10.3. The van der Waals surface area contributed by atoms with E-state index in [1.807, 2.05) is 0 Å². The van der Waals surface area contributed by atoms with Crippen LogP contribution in [0.1, 0.15) is 12.0 Å². The SMILES string of the molecule is FC(F)(F)C(F)(F)C(F)(F)CCOC(=S)c1ccccc1. The van der Waals surface area contributed by atoms with Gasteiger partial charge in [-0.25, -0.2) is 0 Å². The molecule has 0 aromatic heterocycles. The van der Waals surface area contributed by atoms with E-state index in [4.69, 9.17) is 12.2 Å². The fraction of sp³-hybridized carbons (Fsp3) is 0.417. The summed E-state index contributed by atoms with van der Waals surface area (Å²) in [5.74, 6) is -11.4. The topological polar surface area (TPSA) is 9.23 Å². The smallest absolute Gasteiger partial charge is 0.459 e. The van der Waals surface area contributed by atoms with Gasteiger partial charge in [-0.15, -0.1) is 0 Å². The van der Waals surface area contributed by atoms with Gasteiger partial charge in [-0.05, 0) is 12.2 Å². The van der Waals surface area contributed by atoms with Gasteiger partial charge < -0.3 is 4.74 Å². The second-order valence-corrected chi connectivity index (χ2v) is 4.40. The first-order valence-corrected chi connectivity index (χ1v) is 5.94. The molecule has 0 spiro atoms. The van der Waals surface area contributed by atoms with Gasteiger partial charge in [0.25, 0.3) is 0 Å². The van der Waals surface area contributed by atoms with Crippen LogP contribution in [0.5, 0.6) is 0 Å². The summed E-state index contributed by atoms with van der Waals surface area (Å²) < 4.78 is 91.4. The van der Waals surface area contributed by atoms with E-state index in [1.165, 1.54) is 12.1 Å². The molecule has 0 N–H and O–H groups in total. The van der Waals surface area contributed by atoms with E-state index in [-0.39, 0.29) is 5.05 Å². The summed E-state index contributed by atoms with van der Waals surface area (Å²) in [6, 6.07) is 7.73. The zero-order chi connectivity index (χ0) is 16.3. The van der Waals surface area contributed by atoms with Crippen molar-refractivity contribution in [3.05, 3.63) is 35.9 Å². The Balaban J connectivity index is 2.61. The molecule has 0 fully saturated rings. The summed E-state index contributed by atoms with van der Waals surface area (Å²) in [5, 5.41) is -0.262. The van der Waals surface area contributed by atoms with Gasteiger partial charge >= 0.3 is 18.0 Å². The van der Waals surface area contributed by atoms with Crippen LogP contribution in [-0.4, -0.2) is 29.7 Å². The Hall–Kier alpha value is -1.38. The summed E-state index contributed by atoms with van der Waals surface area (Å²) in [5.41, 5.74) is 0.332. The Morgan fingerprint density at radius 1 is 0.952 bits per heavy atom. The monoisotopic (exact) mass is 334 g/mol. The molecular formula is C12H9F7OS. The Labute approximate surface area is 120 Å². The third-order valence-electron chi connectivity index (χ3n) is 2.47. The average Bonchev–Trinajstić information content (AvgIpc) is 2.38. The van der Waals surface area contributed by atoms with Crippen molar-refractivity contribution < 1.29 is 35.5 Å². The van der Waals surface area contributed by atoms with Crippen molar-refractivity contribution >= 4 is 17.3 Å². The van der Waals surface area contributed by atoms with Crippen LogP contribution in [0.4, 0.5) is 30.7 Å². The van der Waals surface area contributed by atoms with Gasteiger partial charge in [-0.3, -0.25) is 0 Å². The Kier molecular flexibility index (Phi) is 5.19. The molecule has 118 valence electrons. The molecule has 0 amide bonds. The number of rotatable bonds is 5. The third-order valence-corrected chi connectivity index (χ3v) is 2.83. The number of alkyl halides is 7. The summed E-state index contributed by atoms with van der Waals surface area (Å²) in [7, 11) is 0. The highest BCUT2D eigenvalue weighted by Gasteiger charge is 2.72. The first-order valence-electron chi connectivity index (χ1n) is 5.53. The molecule has 0 saturated carbocycles. The molecule has 0 saturated heterocycles. The maximum absolute atomic E-state index is 13.0. The Morgan fingerprint density at radius 3 is 1.95 bits per heavy atom. The molecule has 0 unspecified atom stereocenters. The minimum absolute atomic E-state index is 0.262. The second kappa shape index (κ2) is 6.17. The van der Waals surface area contributed by atoms with E-state index in [1.54, 1.807) is 18.2 Å². The molecule has 1 rings (SSSR count). The second-order valence-electron chi connectivity index (χ2n) is 4.03. The maximum Gasteiger partial charge on any atom is 0.459 e. The van der Waals surface area contributed by atoms with Crippen LogP contribution in [0, 0.1) is 0 Å². The molecule has 0 bridgehead atoms. The van der Waals surface area contributed by atoms with E-state index < -0.39 is 31.0 Å². The predicted molar refractivity (Wildman–Crippen MR) is 64.7 cm³/mol. The molecule has 0 aliphatic heterocycles. The molecular weight excluding hydrogens is 325 g/mol. The molecule has 9 heteroatoms. The lowest BCUT2D eigenvalue weighted by Crippen LogP contribution is -2.52. The summed E-state index contributed by atoms with van der Waals surface area (Å²) in [4.78, 5) is 0. The minimum atomic E-state index is -6.34. The number of thiocarbonyl (C=S) groups is 1. The first kappa shape index (κ1) is 17.7. The number of hydrogen-bond donors (Lipinski definition) is 0. The standard InChI is InChI=1S/C12H9F7OS/c13-10(14,11(15,16)12(17,18)19)6-7-20-9(21)8-4-2-1-3-5-8/h1-5H,6-7H2. The lowest BCUT2D eigenvalue weighted by molar-refractivity contribution is -0.356. The van der Waals surface area contributed by atoms with Gasteiger partial charge in [0.1, 0.15) is 0 Å². The average molecular weight is 334 g/mol. The highest BCUT2D eigenvalue weighted by atomic mass is 32.1. The molecule has 0 aliphatic carbocycles. The van der Waals surface area contributed by atoms with Gasteiger partial charge in [0, 0.05) is 5.56 Å². The molecule has 0 radical (unpaired) electrons. The number of hydrogen-bond acceptors (Lipinski definition) is 2. The van der Waals surface area contributed by atoms with E-state index in [2.05, 4.69) is 4.74 Å². The van der Waals surface area contributed by atoms with E-state index in [0.29, 0.717) is 5.56 Å². The van der Waals surface area contributed by atoms with Gasteiger partial charge in [0.05, 0.1) is 13.0 Å². The van der Waals surface area contributed by atoms with Crippen LogP contribution >= 0.6 is 12.2 Å². The number of ether oxygens (including phenoxy) is 1. The molecule has 1 aromatic carbocycles. The highest BCUT2D eigenvalue weighted by Crippen LogP contribution is 2.47. The van der Waals surface area contributed by atoms with Crippen molar-refractivity contribution in [2.24, 2.45) is 0 Å². The van der Waals surface area contributed by atoms with Crippen LogP contribution < -0.4 is 0 Å². The van der Waals surface area contributed by atoms with Crippen LogP contribution in [0.15, 0.2) is 30.3 Å². The predicted octanol–water partition coefficient (Wildman–Crippen LogP) is 4.60. The summed E-state index contributed by atoms with van der Waals surface area (Å²) in [6.45, 7) is -1.06. The van der Waals surface area contributed by atoms with Gasteiger partial charge in [0.2, 0.25) is 0 Å². The molecule has 1 aromatic rings. The number of halogens is 7. The fourth-order valence-electron chi connectivity index (χ4n) is 1.29. The third kappa shape index (κ3) is 4.05. The van der Waals surface area contributed by atoms with Crippen molar-refractivity contribution in [3.63, 3.8) is 0 Å². The molecule has 0 heterocycles. The lowest BCUT2D eigenvalue weighted by Gasteiger charge is -2.28. The molecule has 21 heavy (non-hydrogen) atoms. The highest BCUT2D eigenvalue weighted by molar-refractivity contribution is 7.80. The van der Waals surface area contributed by atoms with Gasteiger partial charge in [-0.2, -0.15) is 30.7 Å². The normalized spacial score (nSPS) is 13.1. The Bertz CT molecular complexity index is 484. The van der Waals surface area contributed by atoms with E-state index in [0.717, 1.165) is 0 Å². The first-order chi connectivity index (χ1) is 9.49. The van der Waals surface area contributed by atoms with Crippen LogP contribution in [0.25, 0.3) is 0 Å². The largest absolute Gasteiger partial charge is 0.483 e. The van der Waals surface area contributed by atoms with Crippen molar-refractivity contribution in [1.82, 2.24) is 0 Å². The molecule has 1 nitrogen and oxygen atoms in total.